The zero-order valence-corrected chi connectivity index (χ0v) is 16.1. The average molecular weight is 396 g/mol. The van der Waals surface area contributed by atoms with Crippen LogP contribution in [-0.4, -0.2) is 21.6 Å². The number of aromatic nitrogens is 1. The van der Waals surface area contributed by atoms with Crippen LogP contribution in [0.5, 0.6) is 0 Å². The van der Waals surface area contributed by atoms with Crippen LogP contribution in [0.1, 0.15) is 26.3 Å². The number of pyridine rings is 1. The number of hydrogen-bond acceptors (Lipinski definition) is 6. The molecule has 1 aromatic heterocycles. The van der Waals surface area contributed by atoms with Crippen molar-refractivity contribution in [1.29, 1.82) is 0 Å². The number of halogens is 1. The predicted octanol–water partition coefficient (Wildman–Crippen LogP) is 5.28. The quantitative estimate of drug-likeness (QED) is 0.420. The Morgan fingerprint density at radius 3 is 2.77 bits per heavy atom. The lowest BCUT2D eigenvalue weighted by Gasteiger charge is -2.19. The second-order valence-corrected chi connectivity index (χ2v) is 7.75. The van der Waals surface area contributed by atoms with Crippen LogP contribution in [0.4, 0.5) is 16.2 Å². The monoisotopic (exact) mass is 395 g/mol. The summed E-state index contributed by atoms with van der Waals surface area (Å²) in [6.45, 7) is 5.35. The zero-order valence-electron chi connectivity index (χ0n) is 14.5. The van der Waals surface area contributed by atoms with Gasteiger partial charge in [-0.2, -0.15) is 0 Å². The van der Waals surface area contributed by atoms with Gasteiger partial charge in [-0.3, -0.25) is 15.4 Å². The molecule has 1 amide bonds. The highest BCUT2D eigenvalue weighted by molar-refractivity contribution is 7.98. The lowest BCUT2D eigenvalue weighted by Crippen LogP contribution is -2.27. The Morgan fingerprint density at radius 2 is 2.12 bits per heavy atom. The number of anilines is 1. The van der Waals surface area contributed by atoms with Gasteiger partial charge in [0, 0.05) is 23.7 Å². The molecule has 0 aliphatic rings. The Kier molecular flexibility index (Phi) is 6.44. The summed E-state index contributed by atoms with van der Waals surface area (Å²) in [6, 6.07) is 8.43. The van der Waals surface area contributed by atoms with Gasteiger partial charge >= 0.3 is 11.8 Å². The van der Waals surface area contributed by atoms with E-state index in [0.717, 1.165) is 5.56 Å². The Labute approximate surface area is 160 Å². The first-order chi connectivity index (χ1) is 12.1. The van der Waals surface area contributed by atoms with Gasteiger partial charge in [0.2, 0.25) is 0 Å². The first-order valence-electron chi connectivity index (χ1n) is 7.66. The van der Waals surface area contributed by atoms with E-state index in [1.807, 2.05) is 6.07 Å². The molecule has 0 spiro atoms. The van der Waals surface area contributed by atoms with Crippen LogP contribution >= 0.6 is 23.4 Å². The van der Waals surface area contributed by atoms with Crippen LogP contribution in [0.2, 0.25) is 5.02 Å². The second kappa shape index (κ2) is 8.37. The fraction of sp³-hybridized carbons (Fsp3) is 0.294. The van der Waals surface area contributed by atoms with E-state index in [-0.39, 0.29) is 15.7 Å². The van der Waals surface area contributed by atoms with Gasteiger partial charge in [-0.25, -0.2) is 9.78 Å². The second-order valence-electron chi connectivity index (χ2n) is 6.35. The maximum absolute atomic E-state index is 11.8. The molecule has 0 atom stereocenters. The summed E-state index contributed by atoms with van der Waals surface area (Å²) >= 11 is 6.98. The molecule has 9 heteroatoms. The van der Waals surface area contributed by atoms with Crippen molar-refractivity contribution in [1.82, 2.24) is 4.98 Å². The number of carbonyl (C=O) groups is 1. The summed E-state index contributed by atoms with van der Waals surface area (Å²) in [6.07, 6.45) is 0.828. The molecule has 0 saturated heterocycles. The van der Waals surface area contributed by atoms with Crippen molar-refractivity contribution in [2.75, 3.05) is 5.32 Å². The van der Waals surface area contributed by atoms with Crippen molar-refractivity contribution < 1.29 is 14.5 Å². The van der Waals surface area contributed by atoms with Crippen molar-refractivity contribution in [3.05, 3.63) is 57.2 Å². The number of hydrogen-bond donors (Lipinski definition) is 1. The van der Waals surface area contributed by atoms with Gasteiger partial charge in [0.05, 0.1) is 9.95 Å². The third kappa shape index (κ3) is 6.20. The van der Waals surface area contributed by atoms with Crippen molar-refractivity contribution >= 4 is 40.8 Å². The fourth-order valence-corrected chi connectivity index (χ4v) is 3.01. The first kappa shape index (κ1) is 20.0. The van der Waals surface area contributed by atoms with Crippen molar-refractivity contribution in [3.63, 3.8) is 0 Å². The summed E-state index contributed by atoms with van der Waals surface area (Å²) in [7, 11) is 0. The molecule has 0 radical (unpaired) electrons. The third-order valence-electron chi connectivity index (χ3n) is 2.94. The Bertz CT molecular complexity index is 824. The topological polar surface area (TPSA) is 94.4 Å². The van der Waals surface area contributed by atoms with Crippen LogP contribution in [0.3, 0.4) is 0 Å². The van der Waals surface area contributed by atoms with E-state index in [0.29, 0.717) is 11.4 Å². The third-order valence-corrected chi connectivity index (χ3v) is 4.22. The number of rotatable bonds is 5. The molecule has 2 aromatic rings. The molecular formula is C17H18ClN3O4S. The molecule has 0 fully saturated rings. The van der Waals surface area contributed by atoms with E-state index in [4.69, 9.17) is 16.3 Å². The Balaban J connectivity index is 2.06. The lowest BCUT2D eigenvalue weighted by molar-refractivity contribution is -0.388. The number of nitrogens with zero attached hydrogens (tertiary/aromatic N) is 2. The van der Waals surface area contributed by atoms with Gasteiger partial charge in [0.1, 0.15) is 5.60 Å². The molecule has 138 valence electrons. The summed E-state index contributed by atoms with van der Waals surface area (Å²) in [4.78, 5) is 26.5. The van der Waals surface area contributed by atoms with Gasteiger partial charge in [0.15, 0.2) is 5.03 Å². The van der Waals surface area contributed by atoms with Gasteiger partial charge in [-0.15, -0.1) is 0 Å². The highest BCUT2D eigenvalue weighted by Crippen LogP contribution is 2.31. The van der Waals surface area contributed by atoms with Gasteiger partial charge in [0.25, 0.3) is 0 Å². The molecule has 0 unspecified atom stereocenters. The highest BCUT2D eigenvalue weighted by Gasteiger charge is 2.18. The molecule has 26 heavy (non-hydrogen) atoms. The molecule has 1 heterocycles. The maximum Gasteiger partial charge on any atom is 0.412 e. The van der Waals surface area contributed by atoms with Gasteiger partial charge < -0.3 is 4.74 Å². The highest BCUT2D eigenvalue weighted by atomic mass is 35.5. The normalized spacial score (nSPS) is 11.1. The summed E-state index contributed by atoms with van der Waals surface area (Å²) in [5, 5.41) is 14.3. The largest absolute Gasteiger partial charge is 0.444 e. The number of carbonyl (C=O) groups excluding carboxylic acids is 1. The van der Waals surface area contributed by atoms with E-state index in [9.17, 15) is 14.9 Å². The van der Waals surface area contributed by atoms with Gasteiger partial charge in [-0.05, 0) is 38.5 Å². The number of thioether (sulfide) groups is 1. The SMILES string of the molecule is CC(C)(C)OC(=O)Nc1cccc(CSc2ncc(Cl)cc2[N+](=O)[O-])c1. The molecule has 1 aromatic carbocycles. The molecule has 0 saturated carbocycles. The lowest BCUT2D eigenvalue weighted by atomic mass is 10.2. The van der Waals surface area contributed by atoms with E-state index in [1.165, 1.54) is 24.0 Å². The molecule has 1 N–H and O–H groups in total. The summed E-state index contributed by atoms with van der Waals surface area (Å²) in [5.41, 5.74) is 0.729. The van der Waals surface area contributed by atoms with E-state index < -0.39 is 16.6 Å². The molecule has 0 aliphatic carbocycles. The predicted molar refractivity (Wildman–Crippen MR) is 102 cm³/mol. The average Bonchev–Trinajstić information content (AvgIpc) is 2.52. The molecule has 2 rings (SSSR count). The first-order valence-corrected chi connectivity index (χ1v) is 9.02. The molecular weight excluding hydrogens is 378 g/mol. The minimum atomic E-state index is -0.587. The van der Waals surface area contributed by atoms with Crippen molar-refractivity contribution in [2.24, 2.45) is 0 Å². The zero-order chi connectivity index (χ0) is 19.3. The maximum atomic E-state index is 11.8. The Hall–Kier alpha value is -2.32. The molecule has 0 aliphatic heterocycles. The van der Waals surface area contributed by atoms with Crippen LogP contribution in [0.15, 0.2) is 41.6 Å². The Morgan fingerprint density at radius 1 is 1.38 bits per heavy atom. The number of ether oxygens (including phenoxy) is 1. The standard InChI is InChI=1S/C17H18ClN3O4S/c1-17(2,3)25-16(22)20-13-6-4-5-11(7-13)10-26-15-14(21(23)24)8-12(18)9-19-15/h4-9H,10H2,1-3H3,(H,20,22). The minimum absolute atomic E-state index is 0.134. The summed E-state index contributed by atoms with van der Waals surface area (Å²) < 4.78 is 5.21. The van der Waals surface area contributed by atoms with Crippen molar-refractivity contribution in [3.8, 4) is 0 Å². The smallest absolute Gasteiger partial charge is 0.412 e. The van der Waals surface area contributed by atoms with Crippen LogP contribution in [-0.2, 0) is 10.5 Å². The van der Waals surface area contributed by atoms with E-state index in [1.54, 1.807) is 39.0 Å². The number of nitro groups is 1. The van der Waals surface area contributed by atoms with E-state index in [2.05, 4.69) is 10.3 Å². The number of benzene rings is 1. The minimum Gasteiger partial charge on any atom is -0.444 e. The number of amides is 1. The van der Waals surface area contributed by atoms with Gasteiger partial charge in [-0.1, -0.05) is 35.5 Å². The van der Waals surface area contributed by atoms with Crippen LogP contribution < -0.4 is 5.32 Å². The van der Waals surface area contributed by atoms with E-state index >= 15 is 0 Å². The number of nitrogens with one attached hydrogen (secondary N) is 1. The van der Waals surface area contributed by atoms with Crippen LogP contribution in [0, 0.1) is 10.1 Å². The van der Waals surface area contributed by atoms with Crippen molar-refractivity contribution in [2.45, 2.75) is 37.2 Å². The molecule has 0 bridgehead atoms. The summed E-state index contributed by atoms with van der Waals surface area (Å²) in [5.74, 6) is 0.444. The fourth-order valence-electron chi connectivity index (χ4n) is 1.97. The molecule has 7 nitrogen and oxygen atoms in total. The van der Waals surface area contributed by atoms with Crippen LogP contribution in [0.25, 0.3) is 0 Å².